The first-order valence-electron chi connectivity index (χ1n) is 6.01. The van der Waals surface area contributed by atoms with Crippen LogP contribution in [0.15, 0.2) is 39.1 Å². The summed E-state index contributed by atoms with van der Waals surface area (Å²) >= 11 is 7.53. The quantitative estimate of drug-likeness (QED) is 0.755. The Morgan fingerprint density at radius 2 is 2.20 bits per heavy atom. The highest BCUT2D eigenvalue weighted by molar-refractivity contribution is 7.99. The van der Waals surface area contributed by atoms with Crippen molar-refractivity contribution < 1.29 is 0 Å². The smallest absolute Gasteiger partial charge is 0.253 e. The van der Waals surface area contributed by atoms with Gasteiger partial charge in [-0.25, -0.2) is 4.98 Å². The van der Waals surface area contributed by atoms with Crippen LogP contribution in [0, 0.1) is 0 Å². The minimum atomic E-state index is -0.281. The van der Waals surface area contributed by atoms with Crippen molar-refractivity contribution in [3.8, 4) is 0 Å². The van der Waals surface area contributed by atoms with Crippen LogP contribution in [-0.2, 0) is 0 Å². The summed E-state index contributed by atoms with van der Waals surface area (Å²) in [6, 6.07) is 7.25. The van der Waals surface area contributed by atoms with Gasteiger partial charge in [-0.15, -0.1) is 0 Å². The number of aromatic nitrogens is 2. The number of H-pyrrole nitrogens is 1. The van der Waals surface area contributed by atoms with Gasteiger partial charge < -0.3 is 16.0 Å². The number of nitrogens with two attached hydrogens (primary N) is 1. The molecular formula is C13H15ClN4OS. The first-order chi connectivity index (χ1) is 9.49. The molecule has 20 heavy (non-hydrogen) atoms. The predicted octanol–water partition coefficient (Wildman–Crippen LogP) is 2.44. The summed E-state index contributed by atoms with van der Waals surface area (Å²) in [6.07, 6.45) is 0. The standard InChI is InChI=1S/C13H15ClN4OS/c1-7(16-2)8-3-4-10(9(14)5-8)20-13-17-11(15)6-12(19)18-13/h3-7,16H,1-2H3,(H3,15,17,18,19). The zero-order valence-corrected chi connectivity index (χ0v) is 12.7. The molecule has 0 aliphatic rings. The summed E-state index contributed by atoms with van der Waals surface area (Å²) < 4.78 is 0. The molecule has 1 atom stereocenters. The molecule has 0 saturated carbocycles. The highest BCUT2D eigenvalue weighted by atomic mass is 35.5. The second-order valence-corrected chi connectivity index (χ2v) is 5.72. The van der Waals surface area contributed by atoms with Crippen LogP contribution in [-0.4, -0.2) is 17.0 Å². The summed E-state index contributed by atoms with van der Waals surface area (Å²) in [4.78, 5) is 18.8. The number of nitrogen functional groups attached to an aromatic ring is 1. The minimum Gasteiger partial charge on any atom is -0.383 e. The van der Waals surface area contributed by atoms with E-state index in [4.69, 9.17) is 17.3 Å². The molecule has 106 valence electrons. The average Bonchev–Trinajstić information content (AvgIpc) is 2.39. The summed E-state index contributed by atoms with van der Waals surface area (Å²) in [7, 11) is 1.89. The Hall–Kier alpha value is -1.50. The Bertz CT molecular complexity index is 674. The Labute approximate surface area is 126 Å². The molecule has 0 radical (unpaired) electrons. The predicted molar refractivity (Wildman–Crippen MR) is 82.3 cm³/mol. The third-order valence-electron chi connectivity index (χ3n) is 2.84. The van der Waals surface area contributed by atoms with Crippen LogP contribution in [0.1, 0.15) is 18.5 Å². The molecule has 0 saturated heterocycles. The third-order valence-corrected chi connectivity index (χ3v) is 4.22. The number of hydrogen-bond acceptors (Lipinski definition) is 5. The molecule has 0 bridgehead atoms. The van der Waals surface area contributed by atoms with Gasteiger partial charge >= 0.3 is 0 Å². The number of nitrogens with one attached hydrogen (secondary N) is 2. The normalized spacial score (nSPS) is 12.3. The fourth-order valence-corrected chi connectivity index (χ4v) is 2.75. The van der Waals surface area contributed by atoms with Gasteiger partial charge in [0.2, 0.25) is 0 Å². The van der Waals surface area contributed by atoms with Gasteiger partial charge in [0.25, 0.3) is 5.56 Å². The maximum atomic E-state index is 11.3. The molecule has 0 fully saturated rings. The molecule has 0 aliphatic carbocycles. The van der Waals surface area contributed by atoms with E-state index in [2.05, 4.69) is 22.2 Å². The van der Waals surface area contributed by atoms with E-state index in [1.165, 1.54) is 17.8 Å². The van der Waals surface area contributed by atoms with Crippen LogP contribution in [0.25, 0.3) is 0 Å². The van der Waals surface area contributed by atoms with E-state index in [0.717, 1.165) is 10.5 Å². The van der Waals surface area contributed by atoms with E-state index in [-0.39, 0.29) is 17.4 Å². The summed E-state index contributed by atoms with van der Waals surface area (Å²) in [5.74, 6) is 0.188. The van der Waals surface area contributed by atoms with Crippen LogP contribution in [0.5, 0.6) is 0 Å². The molecule has 2 rings (SSSR count). The van der Waals surface area contributed by atoms with Gasteiger partial charge in [0.15, 0.2) is 5.16 Å². The van der Waals surface area contributed by atoms with Crippen molar-refractivity contribution >= 4 is 29.2 Å². The van der Waals surface area contributed by atoms with E-state index >= 15 is 0 Å². The highest BCUT2D eigenvalue weighted by Gasteiger charge is 2.09. The van der Waals surface area contributed by atoms with Gasteiger partial charge in [0.05, 0.1) is 5.02 Å². The maximum absolute atomic E-state index is 11.3. The Morgan fingerprint density at radius 1 is 1.45 bits per heavy atom. The van der Waals surface area contributed by atoms with Crippen molar-refractivity contribution in [3.63, 3.8) is 0 Å². The van der Waals surface area contributed by atoms with E-state index in [9.17, 15) is 4.79 Å². The molecule has 0 aliphatic heterocycles. The van der Waals surface area contributed by atoms with Crippen molar-refractivity contribution in [3.05, 3.63) is 45.2 Å². The van der Waals surface area contributed by atoms with Gasteiger partial charge in [-0.3, -0.25) is 4.79 Å². The fourth-order valence-electron chi connectivity index (χ4n) is 1.64. The second kappa shape index (κ2) is 6.30. The fraction of sp³-hybridized carbons (Fsp3) is 0.231. The number of nitrogens with zero attached hydrogens (tertiary/aromatic N) is 1. The largest absolute Gasteiger partial charge is 0.383 e. The van der Waals surface area contributed by atoms with Crippen LogP contribution >= 0.6 is 23.4 Å². The first kappa shape index (κ1) is 14.9. The third kappa shape index (κ3) is 3.53. The Kier molecular flexibility index (Phi) is 4.69. The lowest BCUT2D eigenvalue weighted by atomic mass is 10.1. The first-order valence-corrected chi connectivity index (χ1v) is 7.20. The topological polar surface area (TPSA) is 83.8 Å². The van der Waals surface area contributed by atoms with Crippen molar-refractivity contribution in [1.29, 1.82) is 0 Å². The van der Waals surface area contributed by atoms with E-state index in [0.29, 0.717) is 10.2 Å². The van der Waals surface area contributed by atoms with Crippen LogP contribution < -0.4 is 16.6 Å². The summed E-state index contributed by atoms with van der Waals surface area (Å²) in [5.41, 5.74) is 6.36. The molecule has 1 aromatic carbocycles. The Balaban J connectivity index is 2.28. The van der Waals surface area contributed by atoms with E-state index in [1.54, 1.807) is 0 Å². The SMILES string of the molecule is CNC(C)c1ccc(Sc2nc(N)cc(=O)[nH]2)c(Cl)c1. The lowest BCUT2D eigenvalue weighted by Gasteiger charge is -2.12. The molecule has 2 aromatic rings. The molecule has 1 unspecified atom stereocenters. The van der Waals surface area contributed by atoms with Gasteiger partial charge in [-0.05, 0) is 31.7 Å². The summed E-state index contributed by atoms with van der Waals surface area (Å²) in [6.45, 7) is 2.05. The maximum Gasteiger partial charge on any atom is 0.253 e. The molecule has 5 nitrogen and oxygen atoms in total. The van der Waals surface area contributed by atoms with Crippen molar-refractivity contribution in [2.75, 3.05) is 12.8 Å². The van der Waals surface area contributed by atoms with Crippen LogP contribution in [0.4, 0.5) is 5.82 Å². The lowest BCUT2D eigenvalue weighted by Crippen LogP contribution is -2.12. The van der Waals surface area contributed by atoms with Gasteiger partial charge in [-0.1, -0.05) is 29.4 Å². The zero-order valence-electron chi connectivity index (χ0n) is 11.1. The molecule has 1 heterocycles. The number of halogens is 1. The van der Waals surface area contributed by atoms with E-state index in [1.807, 2.05) is 25.2 Å². The van der Waals surface area contributed by atoms with Gasteiger partial charge in [0.1, 0.15) is 5.82 Å². The molecular weight excluding hydrogens is 296 g/mol. The van der Waals surface area contributed by atoms with Crippen LogP contribution in [0.2, 0.25) is 5.02 Å². The zero-order chi connectivity index (χ0) is 14.7. The minimum absolute atomic E-state index is 0.188. The van der Waals surface area contributed by atoms with Crippen molar-refractivity contribution in [2.24, 2.45) is 0 Å². The molecule has 4 N–H and O–H groups in total. The number of anilines is 1. The molecule has 0 amide bonds. The van der Waals surface area contributed by atoms with Crippen molar-refractivity contribution in [2.45, 2.75) is 23.0 Å². The average molecular weight is 311 g/mol. The number of hydrogen-bond donors (Lipinski definition) is 3. The highest BCUT2D eigenvalue weighted by Crippen LogP contribution is 2.32. The van der Waals surface area contributed by atoms with Crippen LogP contribution in [0.3, 0.4) is 0 Å². The molecule has 1 aromatic heterocycles. The monoisotopic (exact) mass is 310 g/mol. The Morgan fingerprint density at radius 3 is 2.80 bits per heavy atom. The van der Waals surface area contributed by atoms with Gasteiger partial charge in [0, 0.05) is 17.0 Å². The lowest BCUT2D eigenvalue weighted by molar-refractivity contribution is 0.652. The molecule has 0 spiro atoms. The number of benzene rings is 1. The number of rotatable bonds is 4. The summed E-state index contributed by atoms with van der Waals surface area (Å²) in [5, 5.41) is 4.18. The van der Waals surface area contributed by atoms with E-state index < -0.39 is 0 Å². The van der Waals surface area contributed by atoms with Crippen molar-refractivity contribution in [1.82, 2.24) is 15.3 Å². The van der Waals surface area contributed by atoms with Gasteiger partial charge in [-0.2, -0.15) is 0 Å². The second-order valence-electron chi connectivity index (χ2n) is 4.28. The molecule has 7 heteroatoms. The number of aromatic amines is 1.